The molecular formula is C23H33FIN3O3S. The molecule has 2 N–H and O–H groups in total. The second kappa shape index (κ2) is 13.6. The van der Waals surface area contributed by atoms with Crippen LogP contribution < -0.4 is 15.4 Å². The molecule has 0 aliphatic carbocycles. The molecule has 0 fully saturated rings. The maximum absolute atomic E-state index is 13.7. The van der Waals surface area contributed by atoms with E-state index in [1.54, 1.807) is 7.05 Å². The third kappa shape index (κ3) is 10.6. The van der Waals surface area contributed by atoms with Crippen LogP contribution in [-0.4, -0.2) is 40.8 Å². The van der Waals surface area contributed by atoms with Gasteiger partial charge in [0.1, 0.15) is 11.6 Å². The van der Waals surface area contributed by atoms with E-state index in [4.69, 9.17) is 4.74 Å². The van der Waals surface area contributed by atoms with Crippen molar-refractivity contribution in [2.24, 2.45) is 10.9 Å². The molecule has 178 valence electrons. The molecule has 9 heteroatoms. The first-order valence-corrected chi connectivity index (χ1v) is 12.3. The van der Waals surface area contributed by atoms with Crippen LogP contribution in [-0.2, 0) is 28.6 Å². The molecule has 2 rings (SSSR count). The first-order chi connectivity index (χ1) is 14.7. The largest absolute Gasteiger partial charge is 0.493 e. The van der Waals surface area contributed by atoms with Crippen molar-refractivity contribution in [1.82, 2.24) is 10.6 Å². The van der Waals surface area contributed by atoms with Gasteiger partial charge in [-0.25, -0.2) is 12.8 Å². The van der Waals surface area contributed by atoms with Gasteiger partial charge in [-0.05, 0) is 53.3 Å². The fraction of sp³-hybridized carbons (Fsp3) is 0.435. The second-order valence-corrected chi connectivity index (χ2v) is 10.1. The number of hydrogen-bond acceptors (Lipinski definition) is 4. The Kier molecular flexibility index (Phi) is 12.0. The van der Waals surface area contributed by atoms with E-state index in [2.05, 4.69) is 29.5 Å². The minimum absolute atomic E-state index is 0. The van der Waals surface area contributed by atoms with E-state index in [1.807, 2.05) is 24.3 Å². The molecule has 0 saturated carbocycles. The first kappa shape index (κ1) is 28.2. The van der Waals surface area contributed by atoms with Crippen LogP contribution in [0, 0.1) is 11.7 Å². The summed E-state index contributed by atoms with van der Waals surface area (Å²) in [6.45, 7) is 5.85. The lowest BCUT2D eigenvalue weighted by Crippen LogP contribution is -2.38. The number of nitrogens with one attached hydrogen (secondary N) is 2. The zero-order chi connectivity index (χ0) is 22.9. The lowest BCUT2D eigenvalue weighted by atomic mass is 10.1. The lowest BCUT2D eigenvalue weighted by molar-refractivity contribution is 0.271. The van der Waals surface area contributed by atoms with Gasteiger partial charge in [0, 0.05) is 26.4 Å². The molecule has 0 aromatic heterocycles. The molecule has 0 spiro atoms. The summed E-state index contributed by atoms with van der Waals surface area (Å²) in [6, 6.07) is 12.2. The van der Waals surface area contributed by atoms with Crippen molar-refractivity contribution >= 4 is 39.8 Å². The minimum Gasteiger partial charge on any atom is -0.493 e. The van der Waals surface area contributed by atoms with Crippen LogP contribution in [0.2, 0.25) is 0 Å². The van der Waals surface area contributed by atoms with Crippen molar-refractivity contribution in [3.63, 3.8) is 0 Å². The molecule has 6 nitrogen and oxygen atoms in total. The first-order valence-electron chi connectivity index (χ1n) is 10.3. The van der Waals surface area contributed by atoms with E-state index in [9.17, 15) is 12.8 Å². The molecule has 0 atom stereocenters. The summed E-state index contributed by atoms with van der Waals surface area (Å²) in [4.78, 5) is 4.18. The molecular weight excluding hydrogens is 544 g/mol. The number of benzene rings is 2. The highest BCUT2D eigenvalue weighted by Gasteiger charge is 2.11. The van der Waals surface area contributed by atoms with E-state index in [0.717, 1.165) is 18.4 Å². The molecule has 0 aliphatic rings. The molecule has 32 heavy (non-hydrogen) atoms. The normalized spacial score (nSPS) is 11.8. The highest BCUT2D eigenvalue weighted by atomic mass is 127. The monoisotopic (exact) mass is 577 g/mol. The van der Waals surface area contributed by atoms with Crippen LogP contribution in [0.1, 0.15) is 30.5 Å². The van der Waals surface area contributed by atoms with Crippen LogP contribution in [0.5, 0.6) is 5.75 Å². The molecule has 0 unspecified atom stereocenters. The maximum Gasteiger partial charge on any atom is 0.191 e. The Morgan fingerprint density at radius 3 is 2.38 bits per heavy atom. The number of ether oxygens (including phenoxy) is 1. The topological polar surface area (TPSA) is 79.8 Å². The maximum atomic E-state index is 13.7. The number of halogens is 2. The van der Waals surface area contributed by atoms with E-state index in [1.165, 1.54) is 23.8 Å². The van der Waals surface area contributed by atoms with Gasteiger partial charge in [-0.2, -0.15) is 0 Å². The van der Waals surface area contributed by atoms with Gasteiger partial charge in [0.15, 0.2) is 15.8 Å². The van der Waals surface area contributed by atoms with E-state index < -0.39 is 15.7 Å². The Morgan fingerprint density at radius 2 is 1.78 bits per heavy atom. The van der Waals surface area contributed by atoms with Gasteiger partial charge < -0.3 is 15.4 Å². The van der Waals surface area contributed by atoms with E-state index in [0.29, 0.717) is 36.2 Å². The van der Waals surface area contributed by atoms with Gasteiger partial charge in [0.2, 0.25) is 0 Å². The molecule has 0 bridgehead atoms. The van der Waals surface area contributed by atoms with Gasteiger partial charge in [-0.15, -0.1) is 24.0 Å². The van der Waals surface area contributed by atoms with E-state index >= 15 is 0 Å². The van der Waals surface area contributed by atoms with Crippen LogP contribution in [0.3, 0.4) is 0 Å². The van der Waals surface area contributed by atoms with Crippen molar-refractivity contribution in [2.45, 2.75) is 32.6 Å². The Balaban J connectivity index is 0.00000512. The number of rotatable bonds is 10. The molecule has 0 amide bonds. The minimum atomic E-state index is -3.22. The second-order valence-electron chi connectivity index (χ2n) is 7.93. The van der Waals surface area contributed by atoms with Gasteiger partial charge in [0.05, 0.1) is 12.4 Å². The standard InChI is InChI=1S/C23H32FN3O3S.HI/c1-17(2)15-30-22-9-5-18(6-10-22)11-12-26-23(25-3)27-14-20-13-21(24)8-7-19(20)16-31(4,28)29;/h5-10,13,17H,11-12,14-16H2,1-4H3,(H2,25,26,27);1H. The van der Waals surface area contributed by atoms with Gasteiger partial charge in [-0.3, -0.25) is 4.99 Å². The number of sulfone groups is 1. The summed E-state index contributed by atoms with van der Waals surface area (Å²) in [5.41, 5.74) is 2.33. The SMILES string of the molecule is CN=C(NCCc1ccc(OCC(C)C)cc1)NCc1cc(F)ccc1CS(C)(=O)=O.I. The summed E-state index contributed by atoms with van der Waals surface area (Å²) < 4.78 is 42.6. The molecule has 0 radical (unpaired) electrons. The summed E-state index contributed by atoms with van der Waals surface area (Å²) in [6.07, 6.45) is 1.96. The Bertz CT molecular complexity index is 980. The van der Waals surface area contributed by atoms with Gasteiger partial charge in [-0.1, -0.05) is 32.0 Å². The zero-order valence-electron chi connectivity index (χ0n) is 19.0. The predicted octanol–water partition coefficient (Wildman–Crippen LogP) is 3.93. The third-order valence-corrected chi connectivity index (χ3v) is 5.30. The lowest BCUT2D eigenvalue weighted by Gasteiger charge is -2.14. The molecule has 0 saturated heterocycles. The quantitative estimate of drug-likeness (QED) is 0.254. The van der Waals surface area contributed by atoms with Crippen LogP contribution in [0.4, 0.5) is 4.39 Å². The zero-order valence-corrected chi connectivity index (χ0v) is 22.2. The van der Waals surface area contributed by atoms with Crippen LogP contribution in [0.25, 0.3) is 0 Å². The van der Waals surface area contributed by atoms with Crippen molar-refractivity contribution in [3.8, 4) is 5.75 Å². The van der Waals surface area contributed by atoms with Gasteiger partial charge in [0.25, 0.3) is 0 Å². The smallest absolute Gasteiger partial charge is 0.191 e. The van der Waals surface area contributed by atoms with Gasteiger partial charge >= 0.3 is 0 Å². The van der Waals surface area contributed by atoms with Crippen molar-refractivity contribution in [2.75, 3.05) is 26.5 Å². The Labute approximate surface area is 208 Å². The molecule has 2 aromatic rings. The summed E-state index contributed by atoms with van der Waals surface area (Å²) >= 11 is 0. The van der Waals surface area contributed by atoms with E-state index in [-0.39, 0.29) is 36.3 Å². The Hall–Kier alpha value is -1.88. The van der Waals surface area contributed by atoms with Crippen LogP contribution in [0.15, 0.2) is 47.5 Å². The highest BCUT2D eigenvalue weighted by Crippen LogP contribution is 2.15. The molecule has 2 aromatic carbocycles. The highest BCUT2D eigenvalue weighted by molar-refractivity contribution is 14.0. The summed E-state index contributed by atoms with van der Waals surface area (Å²) in [7, 11) is -1.57. The fourth-order valence-electron chi connectivity index (χ4n) is 2.92. The average Bonchev–Trinajstić information content (AvgIpc) is 2.70. The van der Waals surface area contributed by atoms with Crippen molar-refractivity contribution in [1.29, 1.82) is 0 Å². The van der Waals surface area contributed by atoms with Crippen LogP contribution >= 0.6 is 24.0 Å². The molecule has 0 heterocycles. The van der Waals surface area contributed by atoms with Crippen molar-refractivity contribution < 1.29 is 17.5 Å². The number of aliphatic imine (C=N–C) groups is 1. The summed E-state index contributed by atoms with van der Waals surface area (Å²) in [5, 5.41) is 6.34. The predicted molar refractivity (Wildman–Crippen MR) is 139 cm³/mol. The average molecular weight is 578 g/mol. The molecule has 0 aliphatic heterocycles. The third-order valence-electron chi connectivity index (χ3n) is 4.47. The fourth-order valence-corrected chi connectivity index (χ4v) is 3.77. The number of hydrogen-bond donors (Lipinski definition) is 2. The van der Waals surface area contributed by atoms with Crippen molar-refractivity contribution in [3.05, 3.63) is 65.0 Å². The Morgan fingerprint density at radius 1 is 1.09 bits per heavy atom. The number of nitrogens with zero attached hydrogens (tertiary/aromatic N) is 1. The summed E-state index contributed by atoms with van der Waals surface area (Å²) in [5.74, 6) is 1.37. The number of guanidine groups is 1.